The third-order valence-corrected chi connectivity index (χ3v) is 4.39. The van der Waals surface area contributed by atoms with Crippen molar-refractivity contribution in [1.82, 2.24) is 5.32 Å². The lowest BCUT2D eigenvalue weighted by Gasteiger charge is -2.33. The number of nitrogens with one attached hydrogen (secondary N) is 1. The van der Waals surface area contributed by atoms with Crippen LogP contribution in [0.25, 0.3) is 0 Å². The number of hydrogen-bond donors (Lipinski definition) is 1. The number of hydrogen-bond acceptors (Lipinski definition) is 1. The largest absolute Gasteiger partial charge is 0.317 e. The molecule has 100 valence electrons. The molecule has 2 unspecified atom stereocenters. The van der Waals surface area contributed by atoms with Gasteiger partial charge in [-0.1, -0.05) is 43.5 Å². The van der Waals surface area contributed by atoms with E-state index >= 15 is 0 Å². The molecule has 18 heavy (non-hydrogen) atoms. The zero-order chi connectivity index (χ0) is 13.0. The second-order valence-electron chi connectivity index (χ2n) is 5.82. The maximum absolute atomic E-state index is 3.55. The minimum absolute atomic E-state index is 0.776. The SMILES string of the molecule is CCNCC1CCCCC1c1ccc(C)cc1C. The van der Waals surface area contributed by atoms with Crippen molar-refractivity contribution >= 4 is 0 Å². The van der Waals surface area contributed by atoms with E-state index in [1.807, 2.05) is 0 Å². The smallest absolute Gasteiger partial charge is 0.00148 e. The number of aryl methyl sites for hydroxylation is 2. The summed E-state index contributed by atoms with van der Waals surface area (Å²) in [4.78, 5) is 0. The molecule has 0 spiro atoms. The summed E-state index contributed by atoms with van der Waals surface area (Å²) in [6.45, 7) is 8.95. The van der Waals surface area contributed by atoms with Gasteiger partial charge in [-0.25, -0.2) is 0 Å². The van der Waals surface area contributed by atoms with Gasteiger partial charge in [-0.05, 0) is 62.7 Å². The minimum atomic E-state index is 0.776. The van der Waals surface area contributed by atoms with Crippen LogP contribution in [0.1, 0.15) is 55.2 Å². The molecule has 0 aromatic heterocycles. The van der Waals surface area contributed by atoms with Gasteiger partial charge in [0, 0.05) is 0 Å². The van der Waals surface area contributed by atoms with Gasteiger partial charge in [0.2, 0.25) is 0 Å². The maximum atomic E-state index is 3.55. The molecule has 1 saturated carbocycles. The molecular weight excluding hydrogens is 218 g/mol. The average Bonchev–Trinajstić information content (AvgIpc) is 2.37. The minimum Gasteiger partial charge on any atom is -0.317 e. The lowest BCUT2D eigenvalue weighted by atomic mass is 9.74. The first kappa shape index (κ1) is 13.6. The van der Waals surface area contributed by atoms with E-state index in [4.69, 9.17) is 0 Å². The molecule has 1 nitrogen and oxygen atoms in total. The van der Waals surface area contributed by atoms with Gasteiger partial charge >= 0.3 is 0 Å². The molecule has 2 rings (SSSR count). The lowest BCUT2D eigenvalue weighted by molar-refractivity contribution is 0.296. The van der Waals surface area contributed by atoms with Gasteiger partial charge in [-0.3, -0.25) is 0 Å². The Kier molecular flexibility index (Phi) is 4.82. The molecule has 0 amide bonds. The Hall–Kier alpha value is -0.820. The topological polar surface area (TPSA) is 12.0 Å². The molecule has 0 bridgehead atoms. The molecule has 0 heterocycles. The summed E-state index contributed by atoms with van der Waals surface area (Å²) in [5.41, 5.74) is 4.47. The fourth-order valence-corrected chi connectivity index (χ4v) is 3.43. The molecule has 0 saturated heterocycles. The van der Waals surface area contributed by atoms with Crippen LogP contribution in [0.3, 0.4) is 0 Å². The van der Waals surface area contributed by atoms with Crippen molar-refractivity contribution in [2.24, 2.45) is 5.92 Å². The predicted molar refractivity (Wildman–Crippen MR) is 79.2 cm³/mol. The number of benzene rings is 1. The Morgan fingerprint density at radius 3 is 2.67 bits per heavy atom. The molecule has 1 aliphatic carbocycles. The first-order valence-corrected chi connectivity index (χ1v) is 7.50. The monoisotopic (exact) mass is 245 g/mol. The van der Waals surface area contributed by atoms with Gasteiger partial charge in [-0.15, -0.1) is 0 Å². The van der Waals surface area contributed by atoms with E-state index in [1.54, 1.807) is 5.56 Å². The summed E-state index contributed by atoms with van der Waals surface area (Å²) in [7, 11) is 0. The van der Waals surface area contributed by atoms with E-state index in [9.17, 15) is 0 Å². The molecule has 1 heteroatoms. The molecular formula is C17H27N. The third kappa shape index (κ3) is 3.14. The van der Waals surface area contributed by atoms with E-state index in [0.717, 1.165) is 18.4 Å². The van der Waals surface area contributed by atoms with Gasteiger partial charge in [0.25, 0.3) is 0 Å². The second-order valence-corrected chi connectivity index (χ2v) is 5.82. The molecule has 2 atom stereocenters. The second kappa shape index (κ2) is 6.38. The van der Waals surface area contributed by atoms with Crippen molar-refractivity contribution in [3.05, 3.63) is 34.9 Å². The van der Waals surface area contributed by atoms with Crippen LogP contribution < -0.4 is 5.32 Å². The number of rotatable bonds is 4. The third-order valence-electron chi connectivity index (χ3n) is 4.39. The Balaban J connectivity index is 2.16. The van der Waals surface area contributed by atoms with Crippen LogP contribution in [0.2, 0.25) is 0 Å². The van der Waals surface area contributed by atoms with E-state index < -0.39 is 0 Å². The normalized spacial score (nSPS) is 24.2. The van der Waals surface area contributed by atoms with Crippen molar-refractivity contribution in [1.29, 1.82) is 0 Å². The molecule has 0 radical (unpaired) electrons. The molecule has 0 aliphatic heterocycles. The van der Waals surface area contributed by atoms with Crippen LogP contribution in [0.4, 0.5) is 0 Å². The van der Waals surface area contributed by atoms with Gasteiger partial charge < -0.3 is 5.32 Å². The molecule has 1 aromatic rings. The highest BCUT2D eigenvalue weighted by molar-refractivity contribution is 5.33. The van der Waals surface area contributed by atoms with Gasteiger partial charge in [0.15, 0.2) is 0 Å². The molecule has 1 fully saturated rings. The summed E-state index contributed by atoms with van der Waals surface area (Å²) in [5.74, 6) is 1.61. The quantitative estimate of drug-likeness (QED) is 0.839. The Bertz CT molecular complexity index is 383. The highest BCUT2D eigenvalue weighted by Crippen LogP contribution is 2.38. The summed E-state index contributed by atoms with van der Waals surface area (Å²) in [6, 6.07) is 7.00. The standard InChI is InChI=1S/C17H27N/c1-4-18-12-15-7-5-6-8-17(15)16-10-9-13(2)11-14(16)3/h9-11,15,17-18H,4-8,12H2,1-3H3. The first-order chi connectivity index (χ1) is 8.72. The molecule has 1 N–H and O–H groups in total. The van der Waals surface area contributed by atoms with Gasteiger partial charge in [0.1, 0.15) is 0 Å². The van der Waals surface area contributed by atoms with Crippen LogP contribution in [-0.4, -0.2) is 13.1 Å². The fourth-order valence-electron chi connectivity index (χ4n) is 3.43. The van der Waals surface area contributed by atoms with E-state index in [-0.39, 0.29) is 0 Å². The summed E-state index contributed by atoms with van der Waals surface area (Å²) >= 11 is 0. The fraction of sp³-hybridized carbons (Fsp3) is 0.647. The van der Waals surface area contributed by atoms with Gasteiger partial charge in [0.05, 0.1) is 0 Å². The summed E-state index contributed by atoms with van der Waals surface area (Å²) in [6.07, 6.45) is 5.59. The van der Waals surface area contributed by atoms with Gasteiger partial charge in [-0.2, -0.15) is 0 Å². The van der Waals surface area contributed by atoms with Crippen LogP contribution in [0.15, 0.2) is 18.2 Å². The van der Waals surface area contributed by atoms with Crippen molar-refractivity contribution in [3.8, 4) is 0 Å². The van der Waals surface area contributed by atoms with E-state index in [2.05, 4.69) is 44.3 Å². The van der Waals surface area contributed by atoms with Crippen molar-refractivity contribution in [3.63, 3.8) is 0 Å². The van der Waals surface area contributed by atoms with E-state index in [0.29, 0.717) is 0 Å². The van der Waals surface area contributed by atoms with Crippen molar-refractivity contribution in [2.45, 2.75) is 52.4 Å². The highest BCUT2D eigenvalue weighted by atomic mass is 14.8. The first-order valence-electron chi connectivity index (χ1n) is 7.50. The molecule has 1 aliphatic rings. The molecule has 1 aromatic carbocycles. The summed E-state index contributed by atoms with van der Waals surface area (Å²) in [5, 5.41) is 3.55. The Morgan fingerprint density at radius 2 is 1.94 bits per heavy atom. The van der Waals surface area contributed by atoms with Crippen LogP contribution in [0, 0.1) is 19.8 Å². The Labute approximate surface area is 112 Å². The lowest BCUT2D eigenvalue weighted by Crippen LogP contribution is -2.29. The Morgan fingerprint density at radius 1 is 1.17 bits per heavy atom. The van der Waals surface area contributed by atoms with E-state index in [1.165, 1.54) is 43.4 Å². The van der Waals surface area contributed by atoms with Crippen LogP contribution >= 0.6 is 0 Å². The van der Waals surface area contributed by atoms with Crippen LogP contribution in [-0.2, 0) is 0 Å². The van der Waals surface area contributed by atoms with Crippen molar-refractivity contribution in [2.75, 3.05) is 13.1 Å². The van der Waals surface area contributed by atoms with Crippen LogP contribution in [0.5, 0.6) is 0 Å². The summed E-state index contributed by atoms with van der Waals surface area (Å²) < 4.78 is 0. The predicted octanol–water partition coefficient (Wildman–Crippen LogP) is 4.19. The van der Waals surface area contributed by atoms with Crippen molar-refractivity contribution < 1.29 is 0 Å². The highest BCUT2D eigenvalue weighted by Gasteiger charge is 2.26. The average molecular weight is 245 g/mol. The maximum Gasteiger partial charge on any atom is -0.00148 e. The zero-order valence-corrected chi connectivity index (χ0v) is 12.1. The zero-order valence-electron chi connectivity index (χ0n) is 12.1.